The van der Waals surface area contributed by atoms with E-state index in [4.69, 9.17) is 16.3 Å². The van der Waals surface area contributed by atoms with Crippen molar-refractivity contribution in [2.75, 3.05) is 18.2 Å². The van der Waals surface area contributed by atoms with Gasteiger partial charge < -0.3 is 5.01 Å². The monoisotopic (exact) mass is 423 g/mol. The Bertz CT molecular complexity index is 1090. The second-order valence-corrected chi connectivity index (χ2v) is 11.6. The molecule has 2 aliphatic heterocycles. The van der Waals surface area contributed by atoms with Gasteiger partial charge in [0.25, 0.3) is 0 Å². The number of halogens is 1. The average Bonchev–Trinajstić information content (AvgIpc) is 3.63. The van der Waals surface area contributed by atoms with E-state index < -0.39 is 7.21 Å². The highest BCUT2D eigenvalue weighted by atomic mass is 35.5. The van der Waals surface area contributed by atoms with Gasteiger partial charge in [0.2, 0.25) is 0 Å². The molecule has 2 fully saturated rings. The molecule has 0 spiro atoms. The van der Waals surface area contributed by atoms with Crippen LogP contribution in [0.15, 0.2) is 63.6 Å². The van der Waals surface area contributed by atoms with Gasteiger partial charge in [0.1, 0.15) is 0 Å². The normalized spacial score (nSPS) is 22.7. The highest BCUT2D eigenvalue weighted by molar-refractivity contribution is 7.77. The molecule has 5 heteroatoms. The third-order valence-electron chi connectivity index (χ3n) is 6.20. The molecule has 2 aromatic rings. The summed E-state index contributed by atoms with van der Waals surface area (Å²) < 4.78 is 5.19. The quantitative estimate of drug-likeness (QED) is 0.399. The molecule has 1 unspecified atom stereocenters. The van der Waals surface area contributed by atoms with Gasteiger partial charge in [0.15, 0.2) is 0 Å². The zero-order valence-electron chi connectivity index (χ0n) is 17.2. The fraction of sp³-hybridized carbons (Fsp3) is 0.333. The van der Waals surface area contributed by atoms with Gasteiger partial charge in [0, 0.05) is 18.8 Å². The van der Waals surface area contributed by atoms with Gasteiger partial charge in [-0.05, 0) is 72.3 Å². The van der Waals surface area contributed by atoms with Crippen LogP contribution in [-0.4, -0.2) is 13.2 Å². The molecular formula is C24H27ClN3P. The van der Waals surface area contributed by atoms with E-state index in [-0.39, 0.29) is 0 Å². The highest BCUT2D eigenvalue weighted by Gasteiger charge is 2.44. The lowest BCUT2D eigenvalue weighted by atomic mass is 10.1. The summed E-state index contributed by atoms with van der Waals surface area (Å²) in [6.07, 6.45) is 6.83. The van der Waals surface area contributed by atoms with E-state index in [1.165, 1.54) is 40.5 Å². The van der Waals surface area contributed by atoms with Gasteiger partial charge in [-0.15, -0.1) is 0 Å². The summed E-state index contributed by atoms with van der Waals surface area (Å²) in [4.78, 5) is 0. The van der Waals surface area contributed by atoms with Crippen molar-refractivity contribution in [3.05, 3.63) is 81.1 Å². The molecule has 1 saturated carbocycles. The van der Waals surface area contributed by atoms with Crippen molar-refractivity contribution in [2.45, 2.75) is 39.0 Å². The Kier molecular flexibility index (Phi) is 4.74. The molecule has 150 valence electrons. The molecule has 0 bridgehead atoms. The van der Waals surface area contributed by atoms with E-state index in [0.29, 0.717) is 0 Å². The summed E-state index contributed by atoms with van der Waals surface area (Å²) in [5, 5.41) is 8.00. The van der Waals surface area contributed by atoms with Gasteiger partial charge in [-0.25, -0.2) is 4.74 Å². The van der Waals surface area contributed by atoms with Crippen LogP contribution in [0, 0.1) is 6.92 Å². The van der Waals surface area contributed by atoms with E-state index in [2.05, 4.69) is 79.6 Å². The van der Waals surface area contributed by atoms with Crippen LogP contribution in [0.3, 0.4) is 0 Å². The largest absolute Gasteiger partial charge is 0.306 e. The molecule has 0 radical (unpaired) electrons. The maximum Gasteiger partial charge on any atom is 0.0892 e. The van der Waals surface area contributed by atoms with E-state index in [9.17, 15) is 0 Å². The lowest BCUT2D eigenvalue weighted by Gasteiger charge is -2.24. The van der Waals surface area contributed by atoms with Crippen LogP contribution in [0.1, 0.15) is 47.9 Å². The number of rotatable bonds is 6. The zero-order chi connectivity index (χ0) is 20.2. The van der Waals surface area contributed by atoms with Gasteiger partial charge >= 0.3 is 0 Å². The molecular weight excluding hydrogens is 397 g/mol. The standard InChI is InChI=1S/C24H27ClN3P/c1-4-17-13-21(12-5-16(17)2)28(3)27-29-15-22(29)14-23(25)24(26-29)20-10-8-19(9-11-20)18-6-7-18/h5,8-14,18,27H,4,6-7,15H2,1-3H3. The van der Waals surface area contributed by atoms with Crippen LogP contribution in [0.2, 0.25) is 0 Å². The topological polar surface area (TPSA) is 27.6 Å². The first-order valence-corrected chi connectivity index (χ1v) is 12.7. The third kappa shape index (κ3) is 3.61. The van der Waals surface area contributed by atoms with Crippen molar-refractivity contribution >= 4 is 30.2 Å². The molecule has 0 amide bonds. The number of fused-ring (bicyclic) bond motifs is 1. The predicted octanol–water partition coefficient (Wildman–Crippen LogP) is 7.01. The Hall–Kier alpha value is -1.80. The second-order valence-electron chi connectivity index (χ2n) is 8.38. The Morgan fingerprint density at radius 2 is 1.93 bits per heavy atom. The SMILES string of the molecule is CCc1cc(N(C)NP23=NC(c4ccc(C5CC5)cc4)=C(Cl)C=C2C3)ccc1C. The molecule has 0 aromatic heterocycles. The minimum absolute atomic E-state index is 0.764. The number of nitrogens with one attached hydrogen (secondary N) is 1. The molecule has 2 heterocycles. The number of hydrazine groups is 1. The molecule has 5 rings (SSSR count). The van der Waals surface area contributed by atoms with Crippen LogP contribution in [0.5, 0.6) is 0 Å². The Balaban J connectivity index is 1.42. The van der Waals surface area contributed by atoms with Gasteiger partial charge in [-0.3, -0.25) is 0 Å². The Morgan fingerprint density at radius 3 is 2.62 bits per heavy atom. The van der Waals surface area contributed by atoms with E-state index in [0.717, 1.165) is 34.8 Å². The summed E-state index contributed by atoms with van der Waals surface area (Å²) in [5.74, 6) is 0.767. The van der Waals surface area contributed by atoms with Crippen molar-refractivity contribution in [3.63, 3.8) is 0 Å². The van der Waals surface area contributed by atoms with Gasteiger partial charge in [0.05, 0.1) is 23.6 Å². The van der Waals surface area contributed by atoms with Crippen LogP contribution in [-0.2, 0) is 6.42 Å². The lowest BCUT2D eigenvalue weighted by Crippen LogP contribution is -2.29. The number of anilines is 1. The molecule has 3 aliphatic rings. The highest BCUT2D eigenvalue weighted by Crippen LogP contribution is 2.74. The maximum absolute atomic E-state index is 6.61. The van der Waals surface area contributed by atoms with Crippen molar-refractivity contribution < 1.29 is 0 Å². The first-order chi connectivity index (χ1) is 14.0. The first-order valence-electron chi connectivity index (χ1n) is 10.4. The van der Waals surface area contributed by atoms with Gasteiger partial charge in [-0.1, -0.05) is 48.9 Å². The summed E-state index contributed by atoms with van der Waals surface area (Å²) in [6.45, 7) is 4.38. The number of hydrogen-bond donors (Lipinski definition) is 1. The number of benzene rings is 2. The molecule has 1 atom stereocenters. The number of hydrogen-bond acceptors (Lipinski definition) is 3. The van der Waals surface area contributed by atoms with Crippen LogP contribution in [0.4, 0.5) is 5.69 Å². The first kappa shape index (κ1) is 19.2. The van der Waals surface area contributed by atoms with Crippen molar-refractivity contribution in [1.82, 2.24) is 5.20 Å². The number of nitrogens with zero attached hydrogens (tertiary/aromatic N) is 2. The minimum atomic E-state index is -1.71. The number of allylic oxidation sites excluding steroid dienone is 3. The fourth-order valence-corrected chi connectivity index (χ4v) is 7.36. The van der Waals surface area contributed by atoms with Crippen LogP contribution < -0.4 is 10.2 Å². The number of aryl methyl sites for hydroxylation is 2. The lowest BCUT2D eigenvalue weighted by molar-refractivity contribution is 0.916. The molecule has 1 saturated heterocycles. The Morgan fingerprint density at radius 1 is 1.17 bits per heavy atom. The second kappa shape index (κ2) is 7.16. The van der Waals surface area contributed by atoms with Crippen LogP contribution in [0.25, 0.3) is 5.70 Å². The van der Waals surface area contributed by atoms with Crippen molar-refractivity contribution in [2.24, 2.45) is 4.74 Å². The summed E-state index contributed by atoms with van der Waals surface area (Å²) in [7, 11) is 0.380. The predicted molar refractivity (Wildman–Crippen MR) is 126 cm³/mol. The molecule has 29 heavy (non-hydrogen) atoms. The minimum Gasteiger partial charge on any atom is -0.306 e. The van der Waals surface area contributed by atoms with E-state index in [1.807, 2.05) is 0 Å². The van der Waals surface area contributed by atoms with E-state index >= 15 is 0 Å². The maximum atomic E-state index is 6.61. The van der Waals surface area contributed by atoms with Crippen LogP contribution >= 0.6 is 18.8 Å². The molecule has 1 N–H and O–H groups in total. The van der Waals surface area contributed by atoms with E-state index in [1.54, 1.807) is 0 Å². The smallest absolute Gasteiger partial charge is 0.0892 e. The summed E-state index contributed by atoms with van der Waals surface area (Å²) >= 11 is 6.61. The van der Waals surface area contributed by atoms with Gasteiger partial charge in [-0.2, -0.15) is 5.20 Å². The van der Waals surface area contributed by atoms with Crippen molar-refractivity contribution in [3.8, 4) is 0 Å². The molecule has 3 nitrogen and oxygen atoms in total. The zero-order valence-corrected chi connectivity index (χ0v) is 18.9. The molecule has 2 aromatic carbocycles. The summed E-state index contributed by atoms with van der Waals surface area (Å²) in [6, 6.07) is 15.5. The fourth-order valence-electron chi connectivity index (χ4n) is 4.08. The summed E-state index contributed by atoms with van der Waals surface area (Å²) in [5.41, 5.74) is 7.41. The average molecular weight is 424 g/mol. The van der Waals surface area contributed by atoms with Crippen molar-refractivity contribution in [1.29, 1.82) is 0 Å². The Labute approximate surface area is 178 Å². The third-order valence-corrected chi connectivity index (χ3v) is 9.32. The molecule has 1 aliphatic carbocycles.